The highest BCUT2D eigenvalue weighted by Gasteiger charge is 2.12. The number of nitro groups is 1. The zero-order valence-corrected chi connectivity index (χ0v) is 15.4. The topological polar surface area (TPSA) is 114 Å². The normalized spacial score (nSPS) is 10.6. The molecular formula is C21H15FN4O4. The molecule has 0 aliphatic carbocycles. The monoisotopic (exact) mass is 406 g/mol. The first-order valence-corrected chi connectivity index (χ1v) is 8.67. The van der Waals surface area contributed by atoms with Crippen molar-refractivity contribution in [1.29, 1.82) is 0 Å². The molecule has 0 atom stereocenters. The summed E-state index contributed by atoms with van der Waals surface area (Å²) in [6, 6.07) is 17.0. The van der Waals surface area contributed by atoms with Crippen molar-refractivity contribution in [3.63, 3.8) is 0 Å². The summed E-state index contributed by atoms with van der Waals surface area (Å²) < 4.78 is 12.9. The average Bonchev–Trinajstić information content (AvgIpc) is 2.75. The second kappa shape index (κ2) is 9.20. The van der Waals surface area contributed by atoms with Crippen LogP contribution in [0.4, 0.5) is 15.8 Å². The molecule has 0 radical (unpaired) electrons. The molecule has 0 spiro atoms. The van der Waals surface area contributed by atoms with Crippen LogP contribution in [0.2, 0.25) is 0 Å². The van der Waals surface area contributed by atoms with Crippen LogP contribution in [0.1, 0.15) is 26.3 Å². The third kappa shape index (κ3) is 5.32. The summed E-state index contributed by atoms with van der Waals surface area (Å²) in [5.41, 5.74) is 3.44. The summed E-state index contributed by atoms with van der Waals surface area (Å²) in [5, 5.41) is 17.3. The van der Waals surface area contributed by atoms with E-state index in [0.717, 1.165) is 6.07 Å². The number of hydrogen-bond donors (Lipinski definition) is 2. The summed E-state index contributed by atoms with van der Waals surface area (Å²) in [4.78, 5) is 34.8. The third-order valence-electron chi connectivity index (χ3n) is 3.95. The first-order valence-electron chi connectivity index (χ1n) is 8.67. The molecule has 30 heavy (non-hydrogen) atoms. The fourth-order valence-corrected chi connectivity index (χ4v) is 2.48. The van der Waals surface area contributed by atoms with Gasteiger partial charge in [-0.25, -0.2) is 9.82 Å². The number of nitrogens with one attached hydrogen (secondary N) is 2. The molecule has 0 heterocycles. The molecule has 0 unspecified atom stereocenters. The van der Waals surface area contributed by atoms with Gasteiger partial charge in [-0.3, -0.25) is 19.7 Å². The van der Waals surface area contributed by atoms with Crippen LogP contribution in [0.3, 0.4) is 0 Å². The number of halogens is 1. The lowest BCUT2D eigenvalue weighted by molar-refractivity contribution is -0.384. The number of nitrogens with zero attached hydrogens (tertiary/aromatic N) is 2. The van der Waals surface area contributed by atoms with Crippen molar-refractivity contribution in [2.45, 2.75) is 0 Å². The van der Waals surface area contributed by atoms with E-state index in [1.54, 1.807) is 12.1 Å². The number of non-ortho nitro benzene ring substituents is 1. The summed E-state index contributed by atoms with van der Waals surface area (Å²) >= 11 is 0. The van der Waals surface area contributed by atoms with Crippen LogP contribution in [-0.4, -0.2) is 23.0 Å². The summed E-state index contributed by atoms with van der Waals surface area (Å²) in [6.07, 6.45) is 1.37. The quantitative estimate of drug-likeness (QED) is 0.369. The van der Waals surface area contributed by atoms with Crippen molar-refractivity contribution in [3.05, 3.63) is 105 Å². The highest BCUT2D eigenvalue weighted by molar-refractivity contribution is 6.05. The number of hydrogen-bond acceptors (Lipinski definition) is 5. The summed E-state index contributed by atoms with van der Waals surface area (Å²) in [5.74, 6) is -1.44. The van der Waals surface area contributed by atoms with E-state index in [-0.39, 0.29) is 22.6 Å². The van der Waals surface area contributed by atoms with Gasteiger partial charge in [0, 0.05) is 28.9 Å². The van der Waals surface area contributed by atoms with Crippen LogP contribution in [0, 0.1) is 15.9 Å². The first-order chi connectivity index (χ1) is 14.4. The highest BCUT2D eigenvalue weighted by Crippen LogP contribution is 2.16. The van der Waals surface area contributed by atoms with Crippen LogP contribution >= 0.6 is 0 Å². The number of hydrazone groups is 1. The van der Waals surface area contributed by atoms with Crippen molar-refractivity contribution >= 4 is 29.4 Å². The fourth-order valence-electron chi connectivity index (χ4n) is 2.48. The van der Waals surface area contributed by atoms with Gasteiger partial charge in [0.15, 0.2) is 0 Å². The number of amides is 2. The van der Waals surface area contributed by atoms with Crippen molar-refractivity contribution in [3.8, 4) is 0 Å². The molecule has 0 aliphatic rings. The van der Waals surface area contributed by atoms with E-state index in [2.05, 4.69) is 15.8 Å². The van der Waals surface area contributed by atoms with E-state index in [1.807, 2.05) is 0 Å². The van der Waals surface area contributed by atoms with Crippen LogP contribution < -0.4 is 10.7 Å². The lowest BCUT2D eigenvalue weighted by Crippen LogP contribution is -2.18. The minimum atomic E-state index is -0.589. The molecule has 0 saturated heterocycles. The van der Waals surface area contributed by atoms with Gasteiger partial charge in [-0.1, -0.05) is 24.3 Å². The molecule has 0 aromatic heterocycles. The van der Waals surface area contributed by atoms with Crippen molar-refractivity contribution in [1.82, 2.24) is 5.43 Å². The minimum absolute atomic E-state index is 0.114. The predicted octanol–water partition coefficient (Wildman–Crippen LogP) is 3.75. The van der Waals surface area contributed by atoms with E-state index < -0.39 is 16.7 Å². The Bertz CT molecular complexity index is 1130. The molecule has 3 rings (SSSR count). The Morgan fingerprint density at radius 1 is 0.933 bits per heavy atom. The predicted molar refractivity (Wildman–Crippen MR) is 109 cm³/mol. The second-order valence-corrected chi connectivity index (χ2v) is 6.09. The largest absolute Gasteiger partial charge is 0.322 e. The summed E-state index contributed by atoms with van der Waals surface area (Å²) in [6.45, 7) is 0. The van der Waals surface area contributed by atoms with Gasteiger partial charge in [-0.2, -0.15) is 5.10 Å². The fraction of sp³-hybridized carbons (Fsp3) is 0. The van der Waals surface area contributed by atoms with Gasteiger partial charge < -0.3 is 5.32 Å². The molecule has 0 fully saturated rings. The van der Waals surface area contributed by atoms with E-state index in [0.29, 0.717) is 11.3 Å². The number of carbonyl (C=O) groups is 2. The molecule has 0 bridgehead atoms. The van der Waals surface area contributed by atoms with Gasteiger partial charge >= 0.3 is 0 Å². The van der Waals surface area contributed by atoms with Gasteiger partial charge in [-0.15, -0.1) is 0 Å². The smallest absolute Gasteiger partial charge is 0.271 e. The third-order valence-corrected chi connectivity index (χ3v) is 3.95. The zero-order valence-electron chi connectivity index (χ0n) is 15.4. The van der Waals surface area contributed by atoms with Gasteiger partial charge in [0.1, 0.15) is 5.82 Å². The van der Waals surface area contributed by atoms with Crippen LogP contribution in [-0.2, 0) is 0 Å². The maximum Gasteiger partial charge on any atom is 0.271 e. The molecule has 0 saturated carbocycles. The van der Waals surface area contributed by atoms with Gasteiger partial charge in [0.05, 0.1) is 11.1 Å². The van der Waals surface area contributed by atoms with Crippen LogP contribution in [0.25, 0.3) is 0 Å². The Morgan fingerprint density at radius 2 is 1.60 bits per heavy atom. The second-order valence-electron chi connectivity index (χ2n) is 6.09. The number of nitro benzene ring substituents is 1. The van der Waals surface area contributed by atoms with E-state index in [1.165, 1.54) is 60.8 Å². The Morgan fingerprint density at radius 3 is 2.30 bits per heavy atom. The molecule has 3 aromatic rings. The van der Waals surface area contributed by atoms with Gasteiger partial charge in [0.25, 0.3) is 17.5 Å². The number of anilines is 1. The van der Waals surface area contributed by atoms with Crippen LogP contribution in [0.15, 0.2) is 77.9 Å². The SMILES string of the molecule is O=C(N/N=C\c1ccc(F)cc1)c1cccc(NC(=O)c2cccc([N+](=O)[O-])c2)c1. The lowest BCUT2D eigenvalue weighted by Gasteiger charge is -2.07. The maximum atomic E-state index is 12.9. The van der Waals surface area contributed by atoms with Crippen LogP contribution in [0.5, 0.6) is 0 Å². The van der Waals surface area contributed by atoms with E-state index in [4.69, 9.17) is 0 Å². The molecular weight excluding hydrogens is 391 g/mol. The average molecular weight is 406 g/mol. The first kappa shape index (κ1) is 20.3. The zero-order chi connectivity index (χ0) is 21.5. The number of carbonyl (C=O) groups excluding carboxylic acids is 2. The minimum Gasteiger partial charge on any atom is -0.322 e. The molecule has 0 aliphatic heterocycles. The van der Waals surface area contributed by atoms with Gasteiger partial charge in [0.2, 0.25) is 0 Å². The van der Waals surface area contributed by atoms with Crippen molar-refractivity contribution < 1.29 is 18.9 Å². The Labute approximate surface area is 170 Å². The molecule has 3 aromatic carbocycles. The molecule has 9 heteroatoms. The number of benzene rings is 3. The standard InChI is InChI=1S/C21H15FN4O4/c22-17-9-7-14(8-10-17)13-23-25-21(28)15-3-1-5-18(11-15)24-20(27)16-4-2-6-19(12-16)26(29)30/h1-13H,(H,24,27)(H,25,28)/b23-13-. The number of rotatable bonds is 6. The Balaban J connectivity index is 1.65. The van der Waals surface area contributed by atoms with Crippen molar-refractivity contribution in [2.24, 2.45) is 5.10 Å². The molecule has 8 nitrogen and oxygen atoms in total. The van der Waals surface area contributed by atoms with E-state index in [9.17, 15) is 24.1 Å². The Hall–Kier alpha value is -4.40. The highest BCUT2D eigenvalue weighted by atomic mass is 19.1. The maximum absolute atomic E-state index is 12.9. The molecule has 2 amide bonds. The Kier molecular flexibility index (Phi) is 6.23. The van der Waals surface area contributed by atoms with E-state index >= 15 is 0 Å². The van der Waals surface area contributed by atoms with Gasteiger partial charge in [-0.05, 0) is 42.0 Å². The summed E-state index contributed by atoms with van der Waals surface area (Å²) in [7, 11) is 0. The van der Waals surface area contributed by atoms with Crippen molar-refractivity contribution in [2.75, 3.05) is 5.32 Å². The molecule has 2 N–H and O–H groups in total. The lowest BCUT2D eigenvalue weighted by atomic mass is 10.1. The molecule has 150 valence electrons.